The summed E-state index contributed by atoms with van der Waals surface area (Å²) in [4.78, 5) is 44.5. The Labute approximate surface area is 204 Å². The maximum atomic E-state index is 12.9. The first kappa shape index (κ1) is 23.0. The summed E-state index contributed by atoms with van der Waals surface area (Å²) in [6.45, 7) is 10.4. The predicted octanol–water partition coefficient (Wildman–Crippen LogP) is 3.08. The number of hydrogen-bond donors (Lipinski definition) is 1. The third-order valence-electron chi connectivity index (χ3n) is 6.92. The van der Waals surface area contributed by atoms with E-state index in [4.69, 9.17) is 4.74 Å². The summed E-state index contributed by atoms with van der Waals surface area (Å²) in [6.07, 6.45) is 3.37. The van der Waals surface area contributed by atoms with E-state index in [1.54, 1.807) is 17.0 Å². The maximum Gasteiger partial charge on any atom is 0.255 e. The molecule has 8 nitrogen and oxygen atoms in total. The molecule has 0 spiro atoms. The number of aliphatic imine (C=N–C) groups is 1. The zero-order valence-electron chi connectivity index (χ0n) is 19.5. The van der Waals surface area contributed by atoms with Crippen molar-refractivity contribution in [2.24, 2.45) is 4.99 Å². The molecule has 3 heterocycles. The van der Waals surface area contributed by atoms with Crippen LogP contribution >= 0.6 is 0 Å². The molecule has 35 heavy (non-hydrogen) atoms. The molecule has 0 saturated carbocycles. The Morgan fingerprint density at radius 2 is 2.00 bits per heavy atom. The van der Waals surface area contributed by atoms with E-state index in [-0.39, 0.29) is 24.3 Å². The van der Waals surface area contributed by atoms with Crippen LogP contribution in [0.5, 0.6) is 5.75 Å². The lowest BCUT2D eigenvalue weighted by atomic mass is 10.0. The average Bonchev–Trinajstić information content (AvgIpc) is 3.42. The van der Waals surface area contributed by atoms with Gasteiger partial charge in [0.2, 0.25) is 11.8 Å². The fourth-order valence-electron chi connectivity index (χ4n) is 5.12. The van der Waals surface area contributed by atoms with E-state index in [2.05, 4.69) is 40.6 Å². The first-order chi connectivity index (χ1) is 16.9. The predicted molar refractivity (Wildman–Crippen MR) is 133 cm³/mol. The molecule has 0 aliphatic carbocycles. The van der Waals surface area contributed by atoms with Gasteiger partial charge in [0.15, 0.2) is 0 Å². The van der Waals surface area contributed by atoms with Crippen molar-refractivity contribution < 1.29 is 19.1 Å². The average molecular weight is 473 g/mol. The normalized spacial score (nSPS) is 22.2. The second-order valence-corrected chi connectivity index (χ2v) is 9.24. The smallest absolute Gasteiger partial charge is 0.255 e. The van der Waals surface area contributed by atoms with Crippen molar-refractivity contribution in [2.45, 2.75) is 44.5 Å². The van der Waals surface area contributed by atoms with Gasteiger partial charge in [-0.2, -0.15) is 0 Å². The van der Waals surface area contributed by atoms with Crippen molar-refractivity contribution in [3.8, 4) is 5.75 Å². The number of ether oxygens (including phenoxy) is 1. The number of likely N-dealkylation sites (tertiary alicyclic amines) is 1. The zero-order valence-corrected chi connectivity index (χ0v) is 19.5. The fraction of sp³-hybridized carbons (Fsp3) is 0.333. The van der Waals surface area contributed by atoms with E-state index in [0.29, 0.717) is 18.5 Å². The second-order valence-electron chi connectivity index (χ2n) is 9.24. The molecule has 3 amide bonds. The highest BCUT2D eigenvalue weighted by Gasteiger charge is 2.39. The van der Waals surface area contributed by atoms with E-state index < -0.39 is 11.9 Å². The third-order valence-corrected chi connectivity index (χ3v) is 6.92. The van der Waals surface area contributed by atoms with Gasteiger partial charge in [0.25, 0.3) is 5.91 Å². The van der Waals surface area contributed by atoms with Crippen LogP contribution in [0, 0.1) is 0 Å². The molecular formula is C27H28N4O4. The number of carbonyl (C=O) groups excluding carboxylic acids is 3. The molecule has 2 fully saturated rings. The van der Waals surface area contributed by atoms with Crippen LogP contribution in [0.15, 0.2) is 48.0 Å². The number of nitrogens with one attached hydrogen (secondary N) is 1. The molecule has 0 aromatic heterocycles. The molecule has 1 N–H and O–H groups in total. The Balaban J connectivity index is 1.20. The van der Waals surface area contributed by atoms with Gasteiger partial charge in [0.05, 0.1) is 5.69 Å². The van der Waals surface area contributed by atoms with Crippen LogP contribution in [0.4, 0.5) is 5.69 Å². The first-order valence-electron chi connectivity index (χ1n) is 11.8. The van der Waals surface area contributed by atoms with Gasteiger partial charge in [-0.25, -0.2) is 0 Å². The topological polar surface area (TPSA) is 91.3 Å². The van der Waals surface area contributed by atoms with Crippen molar-refractivity contribution in [2.75, 3.05) is 13.1 Å². The minimum absolute atomic E-state index is 0.0596. The monoisotopic (exact) mass is 472 g/mol. The van der Waals surface area contributed by atoms with E-state index in [1.807, 2.05) is 18.2 Å². The summed E-state index contributed by atoms with van der Waals surface area (Å²) in [5.41, 5.74) is 4.43. The quantitative estimate of drug-likeness (QED) is 0.494. The molecule has 2 saturated heterocycles. The van der Waals surface area contributed by atoms with Crippen LogP contribution in [-0.4, -0.2) is 59.5 Å². The molecule has 0 bridgehead atoms. The second kappa shape index (κ2) is 9.46. The summed E-state index contributed by atoms with van der Waals surface area (Å²) in [5.74, 6) is -0.141. The molecule has 180 valence electrons. The van der Waals surface area contributed by atoms with E-state index in [9.17, 15) is 14.4 Å². The molecule has 5 rings (SSSR count). The number of benzene rings is 2. The van der Waals surface area contributed by atoms with Gasteiger partial charge in [0, 0.05) is 38.2 Å². The van der Waals surface area contributed by atoms with Gasteiger partial charge >= 0.3 is 0 Å². The highest BCUT2D eigenvalue weighted by molar-refractivity contribution is 6.05. The molecule has 2 unspecified atom stereocenters. The van der Waals surface area contributed by atoms with Crippen LogP contribution in [0.2, 0.25) is 0 Å². The molecule has 3 aliphatic heterocycles. The number of hydrogen-bond acceptors (Lipinski definition) is 6. The zero-order chi connectivity index (χ0) is 24.5. The summed E-state index contributed by atoms with van der Waals surface area (Å²) in [5, 5.41) is 2.33. The number of carbonyl (C=O) groups is 3. The largest absolute Gasteiger partial charge is 0.489 e. The lowest BCUT2D eigenvalue weighted by molar-refractivity contribution is -0.136. The number of amides is 3. The van der Waals surface area contributed by atoms with Gasteiger partial charge in [0.1, 0.15) is 17.9 Å². The van der Waals surface area contributed by atoms with E-state index in [0.717, 1.165) is 48.6 Å². The first-order valence-corrected chi connectivity index (χ1v) is 11.8. The summed E-state index contributed by atoms with van der Waals surface area (Å²) < 4.78 is 6.27. The van der Waals surface area contributed by atoms with Crippen LogP contribution in [0.25, 0.3) is 6.08 Å². The van der Waals surface area contributed by atoms with Crippen LogP contribution in [-0.2, 0) is 22.7 Å². The molecule has 0 radical (unpaired) electrons. The molecule has 3 aliphatic rings. The Morgan fingerprint density at radius 3 is 2.77 bits per heavy atom. The Bertz CT molecular complexity index is 1220. The van der Waals surface area contributed by atoms with Crippen molar-refractivity contribution in [1.82, 2.24) is 15.1 Å². The minimum atomic E-state index is -0.613. The summed E-state index contributed by atoms with van der Waals surface area (Å²) in [7, 11) is 0. The highest BCUT2D eigenvalue weighted by atomic mass is 16.5. The van der Waals surface area contributed by atoms with E-state index >= 15 is 0 Å². The fourth-order valence-corrected chi connectivity index (χ4v) is 5.12. The Kier molecular flexibility index (Phi) is 6.21. The summed E-state index contributed by atoms with van der Waals surface area (Å²) in [6, 6.07) is 11.0. The third kappa shape index (κ3) is 4.61. The van der Waals surface area contributed by atoms with Crippen molar-refractivity contribution in [1.29, 1.82) is 0 Å². The molecular weight excluding hydrogens is 444 g/mol. The van der Waals surface area contributed by atoms with Crippen LogP contribution in [0.3, 0.4) is 0 Å². The van der Waals surface area contributed by atoms with Crippen molar-refractivity contribution in [3.05, 3.63) is 65.2 Å². The SMILES string of the molecule is C=Cc1cc(CN2CCC(Oc3ccc4c(c3)CN(C3CCC(=O)NC3=O)C4=O)C2)ccc1N=C. The van der Waals surface area contributed by atoms with Gasteiger partial charge in [-0.05, 0) is 66.6 Å². The maximum absolute atomic E-state index is 12.9. The lowest BCUT2D eigenvalue weighted by Crippen LogP contribution is -2.52. The molecule has 2 aromatic carbocycles. The lowest BCUT2D eigenvalue weighted by Gasteiger charge is -2.29. The van der Waals surface area contributed by atoms with Gasteiger partial charge in [-0.3, -0.25) is 29.6 Å². The van der Waals surface area contributed by atoms with Gasteiger partial charge < -0.3 is 9.64 Å². The molecule has 8 heteroatoms. The number of rotatable bonds is 7. The van der Waals surface area contributed by atoms with Crippen molar-refractivity contribution in [3.63, 3.8) is 0 Å². The molecule has 2 aromatic rings. The standard InChI is InChI=1S/C27H28N4O4/c1-3-18-12-17(4-7-23(18)28-2)14-30-11-10-21(16-30)35-20-5-6-22-19(13-20)15-31(27(22)34)24-8-9-25(32)29-26(24)33/h3-7,12-13,21,24H,1-2,8-11,14-16H2,(H,29,32,33). The Morgan fingerprint density at radius 1 is 1.14 bits per heavy atom. The van der Waals surface area contributed by atoms with Gasteiger partial charge in [-0.15, -0.1) is 0 Å². The highest BCUT2D eigenvalue weighted by Crippen LogP contribution is 2.31. The number of fused-ring (bicyclic) bond motifs is 1. The van der Waals surface area contributed by atoms with Crippen LogP contribution < -0.4 is 10.1 Å². The Hall–Kier alpha value is -3.78. The van der Waals surface area contributed by atoms with Gasteiger partial charge in [-0.1, -0.05) is 18.7 Å². The summed E-state index contributed by atoms with van der Waals surface area (Å²) >= 11 is 0. The van der Waals surface area contributed by atoms with Crippen LogP contribution in [0.1, 0.15) is 46.3 Å². The minimum Gasteiger partial charge on any atom is -0.489 e. The number of piperidine rings is 1. The van der Waals surface area contributed by atoms with E-state index in [1.165, 1.54) is 5.56 Å². The van der Waals surface area contributed by atoms with Crippen molar-refractivity contribution >= 4 is 36.2 Å². The molecule has 2 atom stereocenters. The number of nitrogens with zero attached hydrogens (tertiary/aromatic N) is 3. The number of imide groups is 1.